The summed E-state index contributed by atoms with van der Waals surface area (Å²) in [4.78, 5) is 8.94. The van der Waals surface area contributed by atoms with Gasteiger partial charge in [0.05, 0.1) is 0 Å². The van der Waals surface area contributed by atoms with E-state index in [1.165, 1.54) is 25.7 Å². The lowest BCUT2D eigenvalue weighted by molar-refractivity contribution is 0.128. The maximum absolute atomic E-state index is 5.40. The van der Waals surface area contributed by atoms with Crippen molar-refractivity contribution < 1.29 is 4.74 Å². The van der Waals surface area contributed by atoms with Crippen LogP contribution in [0.15, 0.2) is 6.07 Å². The minimum atomic E-state index is 0.460. The molecule has 0 aliphatic heterocycles. The molecule has 1 aromatic heterocycles. The summed E-state index contributed by atoms with van der Waals surface area (Å²) in [7, 11) is 1.87. The van der Waals surface area contributed by atoms with Crippen molar-refractivity contribution in [2.45, 2.75) is 46.1 Å². The molecule has 0 atom stereocenters. The lowest BCUT2D eigenvalue weighted by Gasteiger charge is -2.26. The molecule has 1 fully saturated rings. The Morgan fingerprint density at radius 3 is 2.57 bits per heavy atom. The molecular weight excluding hydrogens is 264 g/mol. The summed E-state index contributed by atoms with van der Waals surface area (Å²) in [6, 6.07) is 1.96. The molecule has 1 heterocycles. The Morgan fingerprint density at radius 1 is 1.19 bits per heavy atom. The Labute approximate surface area is 127 Å². The van der Waals surface area contributed by atoms with Gasteiger partial charge in [0, 0.05) is 26.3 Å². The Morgan fingerprint density at radius 2 is 1.90 bits per heavy atom. The van der Waals surface area contributed by atoms with Crippen LogP contribution in [0.2, 0.25) is 0 Å². The average Bonchev–Trinajstić information content (AvgIpc) is 2.52. The molecule has 118 valence electrons. The van der Waals surface area contributed by atoms with Crippen LogP contribution in [0.25, 0.3) is 0 Å². The Balaban J connectivity index is 1.91. The third-order valence-electron chi connectivity index (χ3n) is 4.17. The Bertz CT molecular complexity index is 430. The SMILES string of the molecule is CCOCc1nc(NC)cc(NCC2CCC(C)CC2)n1. The monoisotopic (exact) mass is 292 g/mol. The fourth-order valence-electron chi connectivity index (χ4n) is 2.76. The van der Waals surface area contributed by atoms with Gasteiger partial charge in [-0.3, -0.25) is 0 Å². The van der Waals surface area contributed by atoms with Crippen LogP contribution >= 0.6 is 0 Å². The highest BCUT2D eigenvalue weighted by Crippen LogP contribution is 2.28. The second-order valence-electron chi connectivity index (χ2n) is 5.95. The first-order valence-corrected chi connectivity index (χ1v) is 8.08. The largest absolute Gasteiger partial charge is 0.374 e. The van der Waals surface area contributed by atoms with Gasteiger partial charge in [-0.1, -0.05) is 19.8 Å². The summed E-state index contributed by atoms with van der Waals surface area (Å²) < 4.78 is 5.40. The second-order valence-corrected chi connectivity index (χ2v) is 5.95. The molecule has 1 aliphatic carbocycles. The van der Waals surface area contributed by atoms with Crippen LogP contribution in [-0.2, 0) is 11.3 Å². The molecule has 0 amide bonds. The molecule has 21 heavy (non-hydrogen) atoms. The molecule has 5 nitrogen and oxygen atoms in total. The van der Waals surface area contributed by atoms with E-state index in [0.29, 0.717) is 13.2 Å². The van der Waals surface area contributed by atoms with Gasteiger partial charge in [-0.25, -0.2) is 9.97 Å². The molecule has 0 spiro atoms. The average molecular weight is 292 g/mol. The zero-order valence-corrected chi connectivity index (χ0v) is 13.5. The summed E-state index contributed by atoms with van der Waals surface area (Å²) in [6.45, 7) is 6.47. The predicted octanol–water partition coefficient (Wildman–Crippen LogP) is 3.29. The fraction of sp³-hybridized carbons (Fsp3) is 0.750. The van der Waals surface area contributed by atoms with E-state index >= 15 is 0 Å². The minimum absolute atomic E-state index is 0.460. The van der Waals surface area contributed by atoms with Crippen molar-refractivity contribution in [2.24, 2.45) is 11.8 Å². The van der Waals surface area contributed by atoms with Crippen LogP contribution in [0, 0.1) is 11.8 Å². The van der Waals surface area contributed by atoms with Gasteiger partial charge in [0.2, 0.25) is 0 Å². The summed E-state index contributed by atoms with van der Waals surface area (Å²) in [5.41, 5.74) is 0. The molecule has 0 bridgehead atoms. The van der Waals surface area contributed by atoms with E-state index < -0.39 is 0 Å². The number of aromatic nitrogens is 2. The second kappa shape index (κ2) is 8.17. The van der Waals surface area contributed by atoms with Crippen molar-refractivity contribution >= 4 is 11.6 Å². The first kappa shape index (κ1) is 16.0. The van der Waals surface area contributed by atoms with Gasteiger partial charge in [0.15, 0.2) is 5.82 Å². The van der Waals surface area contributed by atoms with E-state index in [2.05, 4.69) is 27.5 Å². The summed E-state index contributed by atoms with van der Waals surface area (Å²) in [5.74, 6) is 4.11. The summed E-state index contributed by atoms with van der Waals surface area (Å²) in [6.07, 6.45) is 5.36. The molecule has 0 aromatic carbocycles. The van der Waals surface area contributed by atoms with Gasteiger partial charge in [-0.15, -0.1) is 0 Å². The van der Waals surface area contributed by atoms with Crippen LogP contribution in [0.5, 0.6) is 0 Å². The third-order valence-corrected chi connectivity index (χ3v) is 4.17. The smallest absolute Gasteiger partial charge is 0.158 e. The van der Waals surface area contributed by atoms with Crippen LogP contribution in [-0.4, -0.2) is 30.2 Å². The van der Waals surface area contributed by atoms with Crippen molar-refractivity contribution in [3.05, 3.63) is 11.9 Å². The Kier molecular flexibility index (Phi) is 6.23. The Hall–Kier alpha value is -1.36. The number of hydrogen-bond acceptors (Lipinski definition) is 5. The first-order chi connectivity index (χ1) is 10.2. The number of nitrogens with one attached hydrogen (secondary N) is 2. The maximum Gasteiger partial charge on any atom is 0.158 e. The molecule has 1 aromatic rings. The van der Waals surface area contributed by atoms with Crippen LogP contribution in [0.4, 0.5) is 11.6 Å². The number of ether oxygens (including phenoxy) is 1. The van der Waals surface area contributed by atoms with Crippen LogP contribution < -0.4 is 10.6 Å². The molecule has 0 radical (unpaired) electrons. The van der Waals surface area contributed by atoms with Gasteiger partial charge in [-0.2, -0.15) is 0 Å². The number of rotatable bonds is 7. The van der Waals surface area contributed by atoms with Crippen molar-refractivity contribution in [2.75, 3.05) is 30.8 Å². The molecule has 1 saturated carbocycles. The normalized spacial score (nSPS) is 22.0. The minimum Gasteiger partial charge on any atom is -0.374 e. The molecule has 2 N–H and O–H groups in total. The number of nitrogens with zero attached hydrogens (tertiary/aromatic N) is 2. The van der Waals surface area contributed by atoms with E-state index in [9.17, 15) is 0 Å². The van der Waals surface area contributed by atoms with Crippen LogP contribution in [0.1, 0.15) is 45.4 Å². The van der Waals surface area contributed by atoms with Crippen molar-refractivity contribution in [1.82, 2.24) is 9.97 Å². The topological polar surface area (TPSA) is 59.1 Å². The highest BCUT2D eigenvalue weighted by Gasteiger charge is 2.18. The summed E-state index contributed by atoms with van der Waals surface area (Å²) >= 11 is 0. The van der Waals surface area contributed by atoms with Crippen molar-refractivity contribution in [3.63, 3.8) is 0 Å². The van der Waals surface area contributed by atoms with E-state index in [1.807, 2.05) is 20.0 Å². The number of anilines is 2. The van der Waals surface area contributed by atoms with Crippen LogP contribution in [0.3, 0.4) is 0 Å². The standard InChI is InChI=1S/C16H28N4O/c1-4-21-11-16-19-14(17-3)9-15(20-16)18-10-13-7-5-12(2)6-8-13/h9,12-13H,4-8,10-11H2,1-3H3,(H2,17,18,19,20). The lowest BCUT2D eigenvalue weighted by atomic mass is 9.83. The zero-order chi connectivity index (χ0) is 15.1. The molecule has 5 heteroatoms. The van der Waals surface area contributed by atoms with E-state index in [4.69, 9.17) is 4.74 Å². The number of hydrogen-bond donors (Lipinski definition) is 2. The van der Waals surface area contributed by atoms with Gasteiger partial charge in [0.1, 0.15) is 18.2 Å². The van der Waals surface area contributed by atoms with Gasteiger partial charge >= 0.3 is 0 Å². The predicted molar refractivity (Wildman–Crippen MR) is 86.5 cm³/mol. The third kappa shape index (κ3) is 5.16. The first-order valence-electron chi connectivity index (χ1n) is 8.08. The van der Waals surface area contributed by atoms with E-state index in [-0.39, 0.29) is 0 Å². The fourth-order valence-corrected chi connectivity index (χ4v) is 2.76. The van der Waals surface area contributed by atoms with E-state index in [0.717, 1.165) is 35.8 Å². The molecule has 0 saturated heterocycles. The summed E-state index contributed by atoms with van der Waals surface area (Å²) in [5, 5.41) is 6.56. The van der Waals surface area contributed by atoms with Crippen molar-refractivity contribution in [1.29, 1.82) is 0 Å². The molecule has 2 rings (SSSR count). The molecule has 1 aliphatic rings. The lowest BCUT2D eigenvalue weighted by Crippen LogP contribution is -2.21. The highest BCUT2D eigenvalue weighted by atomic mass is 16.5. The molecule has 0 unspecified atom stereocenters. The zero-order valence-electron chi connectivity index (χ0n) is 13.5. The maximum atomic E-state index is 5.40. The van der Waals surface area contributed by atoms with Gasteiger partial charge in [0.25, 0.3) is 0 Å². The van der Waals surface area contributed by atoms with Gasteiger partial charge in [-0.05, 0) is 31.6 Å². The molecular formula is C16H28N4O. The quantitative estimate of drug-likeness (QED) is 0.807. The van der Waals surface area contributed by atoms with E-state index in [1.54, 1.807) is 0 Å². The van der Waals surface area contributed by atoms with Crippen molar-refractivity contribution in [3.8, 4) is 0 Å². The highest BCUT2D eigenvalue weighted by molar-refractivity contribution is 5.47. The van der Waals surface area contributed by atoms with Gasteiger partial charge < -0.3 is 15.4 Å².